The molecule has 9 nitrogen and oxygen atoms in total. The summed E-state index contributed by atoms with van der Waals surface area (Å²) in [6.07, 6.45) is 88.6. The molecule has 9 heteroatoms. The number of hydrogen-bond acceptors (Lipinski definition) is 8. The molecular formula is C76H131NO8. The predicted molar refractivity (Wildman–Crippen MR) is 364 cm³/mol. The fraction of sp³-hybridized carbons (Fsp3) is 0.724. The zero-order valence-electron chi connectivity index (χ0n) is 54.6. The lowest BCUT2D eigenvalue weighted by molar-refractivity contribution is -0.302. The molecule has 0 saturated carbocycles. The predicted octanol–water partition coefficient (Wildman–Crippen LogP) is 19.4. The quantitative estimate of drug-likeness (QED) is 0.0261. The van der Waals surface area contributed by atoms with Gasteiger partial charge in [-0.2, -0.15) is 0 Å². The number of aliphatic hydroxyl groups is 5. The number of ether oxygens (including phenoxy) is 2. The SMILES string of the molecule is CC/C=C\C/C=C\C/C=C\C/C=C\C/C=C\C/C=C\C/C=C\C/C=C\C/C=C\CCCCCCCCCC(=O)NC(COC1OC(CO)C(O)C(O)C1O)C(O)/C=C/CCCCCCCCCCCCCCCCCCCCCCCCCCC. The number of nitrogens with one attached hydrogen (secondary N) is 1. The van der Waals surface area contributed by atoms with Gasteiger partial charge in [0.25, 0.3) is 0 Å². The molecule has 1 amide bonds. The minimum Gasteiger partial charge on any atom is -0.394 e. The molecule has 0 spiro atoms. The first kappa shape index (κ1) is 79.6. The molecule has 0 aliphatic carbocycles. The van der Waals surface area contributed by atoms with Gasteiger partial charge in [0.15, 0.2) is 6.29 Å². The van der Waals surface area contributed by atoms with E-state index >= 15 is 0 Å². The highest BCUT2D eigenvalue weighted by Crippen LogP contribution is 2.23. The number of rotatable bonds is 60. The van der Waals surface area contributed by atoms with Crippen molar-refractivity contribution in [3.63, 3.8) is 0 Å². The third kappa shape index (κ3) is 52.3. The Kier molecular flexibility index (Phi) is 59.6. The highest BCUT2D eigenvalue weighted by Gasteiger charge is 2.44. The van der Waals surface area contributed by atoms with Crippen LogP contribution in [-0.2, 0) is 14.3 Å². The third-order valence-electron chi connectivity index (χ3n) is 16.0. The standard InChI is InChI=1S/C76H131NO8/c1-3-5-7-9-11-13-15-17-19-21-23-25-27-29-31-32-33-34-35-36-37-38-40-42-44-46-48-50-52-54-56-58-60-62-64-66-72(80)77-69(68-84-76-75(83)74(82)73(81)71(67-78)85-76)70(79)65-63-61-59-57-55-53-51-49-47-45-43-41-39-30-28-26-24-22-20-18-16-14-12-10-8-6-4-2/h5,7,11,13,17,19,23,25,29,31,33-34,36-37,40,42,46,48,63,65,69-71,73-76,78-79,81-83H,3-4,6,8-10,12,14-16,18,20-22,24,26-28,30,32,35,38-39,41,43-45,47,49-62,64,66-68H2,1-2H3,(H,77,80)/b7-5-,13-11-,19-17-,25-23-,31-29-,34-33-,37-36-,42-40-,48-46-,65-63+. The Hall–Kier alpha value is -3.41. The highest BCUT2D eigenvalue weighted by molar-refractivity contribution is 5.76. The van der Waals surface area contributed by atoms with Crippen LogP contribution >= 0.6 is 0 Å². The number of hydrogen-bond donors (Lipinski definition) is 6. The summed E-state index contributed by atoms with van der Waals surface area (Å²) in [6.45, 7) is 3.68. The lowest BCUT2D eigenvalue weighted by Crippen LogP contribution is -2.60. The van der Waals surface area contributed by atoms with Crippen LogP contribution in [0, 0.1) is 0 Å². The molecule has 488 valence electrons. The van der Waals surface area contributed by atoms with Crippen molar-refractivity contribution in [1.29, 1.82) is 0 Å². The summed E-state index contributed by atoms with van der Waals surface area (Å²) >= 11 is 0. The second kappa shape index (κ2) is 63.6. The molecule has 0 radical (unpaired) electrons. The second-order valence-corrected chi connectivity index (χ2v) is 23.9. The fourth-order valence-corrected chi connectivity index (χ4v) is 10.6. The van der Waals surface area contributed by atoms with Gasteiger partial charge in [0, 0.05) is 6.42 Å². The van der Waals surface area contributed by atoms with Crippen LogP contribution in [0.4, 0.5) is 0 Å². The topological polar surface area (TPSA) is 149 Å². The summed E-state index contributed by atoms with van der Waals surface area (Å²) < 4.78 is 11.3. The second-order valence-electron chi connectivity index (χ2n) is 23.9. The van der Waals surface area contributed by atoms with E-state index in [2.05, 4.69) is 129 Å². The van der Waals surface area contributed by atoms with Gasteiger partial charge in [-0.05, 0) is 89.9 Å². The van der Waals surface area contributed by atoms with Crippen LogP contribution < -0.4 is 5.32 Å². The molecule has 1 rings (SSSR count). The molecule has 1 saturated heterocycles. The minimum atomic E-state index is -1.58. The monoisotopic (exact) mass is 1190 g/mol. The summed E-state index contributed by atoms with van der Waals surface area (Å²) in [5.41, 5.74) is 0. The van der Waals surface area contributed by atoms with Crippen molar-refractivity contribution < 1.29 is 39.8 Å². The van der Waals surface area contributed by atoms with E-state index in [1.807, 2.05) is 6.08 Å². The van der Waals surface area contributed by atoms with Crippen LogP contribution in [0.15, 0.2) is 122 Å². The molecule has 1 aliphatic rings. The Bertz CT molecular complexity index is 1760. The summed E-state index contributed by atoms with van der Waals surface area (Å²) in [6, 6.07) is -0.822. The first-order chi connectivity index (χ1) is 41.8. The summed E-state index contributed by atoms with van der Waals surface area (Å²) in [7, 11) is 0. The van der Waals surface area contributed by atoms with Gasteiger partial charge in [-0.1, -0.05) is 322 Å². The maximum atomic E-state index is 13.1. The van der Waals surface area contributed by atoms with Gasteiger partial charge in [0.2, 0.25) is 5.91 Å². The van der Waals surface area contributed by atoms with Gasteiger partial charge in [0.1, 0.15) is 24.4 Å². The zero-order valence-corrected chi connectivity index (χ0v) is 54.6. The van der Waals surface area contributed by atoms with Crippen molar-refractivity contribution >= 4 is 5.91 Å². The van der Waals surface area contributed by atoms with Crippen molar-refractivity contribution in [2.24, 2.45) is 0 Å². The Labute approximate surface area is 522 Å². The molecule has 0 bridgehead atoms. The molecule has 1 fully saturated rings. The van der Waals surface area contributed by atoms with E-state index in [-0.39, 0.29) is 12.5 Å². The van der Waals surface area contributed by atoms with E-state index in [1.165, 1.54) is 167 Å². The summed E-state index contributed by atoms with van der Waals surface area (Å²) in [5, 5.41) is 54.8. The van der Waals surface area contributed by atoms with Crippen molar-refractivity contribution in [3.8, 4) is 0 Å². The third-order valence-corrected chi connectivity index (χ3v) is 16.0. The van der Waals surface area contributed by atoms with Gasteiger partial charge >= 0.3 is 0 Å². The molecule has 1 aliphatic heterocycles. The Balaban J connectivity index is 2.18. The fourth-order valence-electron chi connectivity index (χ4n) is 10.6. The maximum absolute atomic E-state index is 13.1. The lowest BCUT2D eigenvalue weighted by Gasteiger charge is -2.40. The van der Waals surface area contributed by atoms with Crippen molar-refractivity contribution in [3.05, 3.63) is 122 Å². The van der Waals surface area contributed by atoms with Gasteiger partial charge in [0.05, 0.1) is 25.4 Å². The van der Waals surface area contributed by atoms with E-state index in [4.69, 9.17) is 9.47 Å². The molecule has 0 aromatic heterocycles. The number of amides is 1. The lowest BCUT2D eigenvalue weighted by atomic mass is 9.99. The number of carbonyl (C=O) groups is 1. The molecule has 85 heavy (non-hydrogen) atoms. The Morgan fingerprint density at radius 2 is 0.729 bits per heavy atom. The van der Waals surface area contributed by atoms with Crippen LogP contribution in [0.2, 0.25) is 0 Å². The molecule has 0 aromatic rings. The molecule has 0 aromatic carbocycles. The van der Waals surface area contributed by atoms with Gasteiger partial charge < -0.3 is 40.3 Å². The number of aliphatic hydroxyl groups excluding tert-OH is 5. The Morgan fingerprint density at radius 1 is 0.412 bits per heavy atom. The molecule has 7 unspecified atom stereocenters. The smallest absolute Gasteiger partial charge is 0.220 e. The normalized spacial score (nSPS) is 18.9. The minimum absolute atomic E-state index is 0.190. The molecule has 6 N–H and O–H groups in total. The highest BCUT2D eigenvalue weighted by atomic mass is 16.7. The number of carbonyl (C=O) groups excluding carboxylic acids is 1. The molecule has 1 heterocycles. The Morgan fingerprint density at radius 3 is 1.08 bits per heavy atom. The van der Waals surface area contributed by atoms with Gasteiger partial charge in [-0.15, -0.1) is 0 Å². The molecular weight excluding hydrogens is 1050 g/mol. The van der Waals surface area contributed by atoms with E-state index in [1.54, 1.807) is 6.08 Å². The van der Waals surface area contributed by atoms with Crippen LogP contribution in [0.3, 0.4) is 0 Å². The maximum Gasteiger partial charge on any atom is 0.220 e. The van der Waals surface area contributed by atoms with E-state index in [0.29, 0.717) is 6.42 Å². The first-order valence-electron chi connectivity index (χ1n) is 35.3. The van der Waals surface area contributed by atoms with Crippen molar-refractivity contribution in [2.45, 2.75) is 339 Å². The van der Waals surface area contributed by atoms with Crippen molar-refractivity contribution in [1.82, 2.24) is 5.32 Å². The van der Waals surface area contributed by atoms with Crippen LogP contribution in [0.25, 0.3) is 0 Å². The van der Waals surface area contributed by atoms with Crippen LogP contribution in [0.1, 0.15) is 296 Å². The average molecular weight is 1190 g/mol. The number of allylic oxidation sites excluding steroid dienone is 19. The zero-order chi connectivity index (χ0) is 61.4. The number of unbranched alkanes of at least 4 members (excludes halogenated alkanes) is 32. The van der Waals surface area contributed by atoms with Crippen LogP contribution in [0.5, 0.6) is 0 Å². The van der Waals surface area contributed by atoms with Crippen molar-refractivity contribution in [2.75, 3.05) is 13.2 Å². The first-order valence-corrected chi connectivity index (χ1v) is 35.3. The summed E-state index contributed by atoms with van der Waals surface area (Å²) in [4.78, 5) is 13.1. The van der Waals surface area contributed by atoms with Gasteiger partial charge in [-0.3, -0.25) is 4.79 Å². The summed E-state index contributed by atoms with van der Waals surface area (Å²) in [5.74, 6) is -0.190. The van der Waals surface area contributed by atoms with Crippen LogP contribution in [-0.4, -0.2) is 87.5 Å². The largest absolute Gasteiger partial charge is 0.394 e. The van der Waals surface area contributed by atoms with E-state index in [9.17, 15) is 30.3 Å². The van der Waals surface area contributed by atoms with E-state index in [0.717, 1.165) is 109 Å². The average Bonchev–Trinajstić information content (AvgIpc) is 3.71. The molecule has 7 atom stereocenters. The van der Waals surface area contributed by atoms with E-state index < -0.39 is 49.5 Å². The van der Waals surface area contributed by atoms with Gasteiger partial charge in [-0.25, -0.2) is 0 Å².